The molecule has 1 aliphatic rings. The highest BCUT2D eigenvalue weighted by molar-refractivity contribution is 7.89. The molecule has 0 bridgehead atoms. The minimum atomic E-state index is -3.42. The molecular weight excluding hydrogens is 471 g/mol. The number of halogens is 1. The van der Waals surface area contributed by atoms with Gasteiger partial charge >= 0.3 is 0 Å². The molecule has 1 saturated carbocycles. The fraction of sp³-hybridized carbons (Fsp3) is 0.458. The van der Waals surface area contributed by atoms with Crippen LogP contribution < -0.4 is 10.5 Å². The maximum Gasteiger partial charge on any atom is 0.211 e. The molecule has 0 aliphatic heterocycles. The van der Waals surface area contributed by atoms with E-state index >= 15 is 0 Å². The third-order valence-corrected chi connectivity index (χ3v) is 7.51. The smallest absolute Gasteiger partial charge is 0.211 e. The SMILES string of the molecule is CCNS(=O)(=O)CCCn1c(-c2cccc(F)c2)nc2c(N)nc(C#CC3(O)CCCCC3)nc21. The molecule has 0 atom stereocenters. The summed E-state index contributed by atoms with van der Waals surface area (Å²) < 4.78 is 42.4. The standard InChI is InChI=1S/C24H29FN6O3S/c1-2-27-35(33,34)15-7-14-31-22(17-8-6-9-18(25)16-17)30-20-21(26)28-19(29-23(20)31)10-13-24(32)11-4-3-5-12-24/h6,8-9,16,27,32H,2-5,7,11-12,14-15H2,1H3,(H2,26,28,29). The molecule has 3 aromatic rings. The fourth-order valence-electron chi connectivity index (χ4n) is 4.28. The Morgan fingerprint density at radius 1 is 1.23 bits per heavy atom. The van der Waals surface area contributed by atoms with E-state index in [1.165, 1.54) is 12.1 Å². The molecule has 9 nitrogen and oxygen atoms in total. The molecule has 1 aliphatic carbocycles. The highest BCUT2D eigenvalue weighted by atomic mass is 32.2. The minimum absolute atomic E-state index is 0.0939. The predicted octanol–water partition coefficient (Wildman–Crippen LogP) is 2.59. The molecule has 2 aromatic heterocycles. The van der Waals surface area contributed by atoms with E-state index in [9.17, 15) is 17.9 Å². The second-order valence-corrected chi connectivity index (χ2v) is 10.6. The zero-order valence-corrected chi connectivity index (χ0v) is 20.4. The highest BCUT2D eigenvalue weighted by Crippen LogP contribution is 2.29. The maximum absolute atomic E-state index is 14.0. The van der Waals surface area contributed by atoms with Crippen LogP contribution in [0.15, 0.2) is 24.3 Å². The zero-order chi connectivity index (χ0) is 25.1. The van der Waals surface area contributed by atoms with Gasteiger partial charge in [0, 0.05) is 18.7 Å². The molecule has 35 heavy (non-hydrogen) atoms. The van der Waals surface area contributed by atoms with E-state index in [4.69, 9.17) is 5.73 Å². The third-order valence-electron chi connectivity index (χ3n) is 5.95. The Kier molecular flexibility index (Phi) is 7.35. The van der Waals surface area contributed by atoms with Crippen LogP contribution in [0.3, 0.4) is 0 Å². The summed E-state index contributed by atoms with van der Waals surface area (Å²) >= 11 is 0. The summed E-state index contributed by atoms with van der Waals surface area (Å²) in [5.41, 5.74) is 6.31. The zero-order valence-electron chi connectivity index (χ0n) is 19.6. The number of nitrogens with zero attached hydrogens (tertiary/aromatic N) is 4. The van der Waals surface area contributed by atoms with Crippen LogP contribution in [-0.4, -0.2) is 50.9 Å². The van der Waals surface area contributed by atoms with E-state index in [0.29, 0.717) is 41.9 Å². The second kappa shape index (κ2) is 10.3. The summed E-state index contributed by atoms with van der Waals surface area (Å²) in [6, 6.07) is 5.95. The Morgan fingerprint density at radius 2 is 2.00 bits per heavy atom. The number of nitrogens with two attached hydrogens (primary N) is 1. The first-order valence-corrected chi connectivity index (χ1v) is 13.4. The molecule has 0 amide bonds. The lowest BCUT2D eigenvalue weighted by molar-refractivity contribution is 0.0610. The number of benzene rings is 1. The number of rotatable bonds is 7. The topological polar surface area (TPSA) is 136 Å². The number of imidazole rings is 1. The van der Waals surface area contributed by atoms with Gasteiger partial charge in [-0.15, -0.1) is 0 Å². The number of aromatic nitrogens is 4. The van der Waals surface area contributed by atoms with Gasteiger partial charge < -0.3 is 15.4 Å². The van der Waals surface area contributed by atoms with E-state index in [0.717, 1.165) is 19.3 Å². The van der Waals surface area contributed by atoms with Gasteiger partial charge in [-0.05, 0) is 50.2 Å². The van der Waals surface area contributed by atoms with Crippen LogP contribution >= 0.6 is 0 Å². The molecule has 0 saturated heterocycles. The van der Waals surface area contributed by atoms with Crippen molar-refractivity contribution in [3.63, 3.8) is 0 Å². The van der Waals surface area contributed by atoms with Crippen molar-refractivity contribution in [2.24, 2.45) is 0 Å². The number of hydrogen-bond acceptors (Lipinski definition) is 7. The van der Waals surface area contributed by atoms with Crippen LogP contribution in [-0.2, 0) is 16.6 Å². The molecule has 0 spiro atoms. The Morgan fingerprint density at radius 3 is 2.71 bits per heavy atom. The molecule has 11 heteroatoms. The summed E-state index contributed by atoms with van der Waals surface area (Å²) in [4.78, 5) is 13.4. The number of hydrogen-bond donors (Lipinski definition) is 3. The van der Waals surface area contributed by atoms with Crippen LogP contribution in [0.5, 0.6) is 0 Å². The number of sulfonamides is 1. The lowest BCUT2D eigenvalue weighted by Gasteiger charge is -2.26. The number of fused-ring (bicyclic) bond motifs is 1. The van der Waals surface area contributed by atoms with Gasteiger partial charge in [-0.25, -0.2) is 32.5 Å². The average molecular weight is 501 g/mol. The number of aryl methyl sites for hydroxylation is 1. The first-order valence-electron chi connectivity index (χ1n) is 11.7. The number of anilines is 1. The maximum atomic E-state index is 14.0. The summed E-state index contributed by atoms with van der Waals surface area (Å²) in [6.45, 7) is 2.28. The van der Waals surface area contributed by atoms with Crippen LogP contribution in [0, 0.1) is 17.7 Å². The number of nitrogens with one attached hydrogen (secondary N) is 1. The molecular formula is C24H29FN6O3S. The third kappa shape index (κ3) is 5.96. The molecule has 186 valence electrons. The second-order valence-electron chi connectivity index (χ2n) is 8.71. The lowest BCUT2D eigenvalue weighted by atomic mass is 9.85. The Balaban J connectivity index is 1.75. The van der Waals surface area contributed by atoms with Gasteiger partial charge in [0.25, 0.3) is 0 Å². The van der Waals surface area contributed by atoms with Crippen molar-refractivity contribution >= 4 is 27.0 Å². The van der Waals surface area contributed by atoms with Crippen molar-refractivity contribution in [3.05, 3.63) is 35.9 Å². The van der Waals surface area contributed by atoms with Crippen molar-refractivity contribution in [2.75, 3.05) is 18.0 Å². The fourth-order valence-corrected chi connectivity index (χ4v) is 5.37. The number of aliphatic hydroxyl groups is 1. The Hall–Kier alpha value is -3.07. The van der Waals surface area contributed by atoms with Crippen LogP contribution in [0.1, 0.15) is 51.3 Å². The van der Waals surface area contributed by atoms with Gasteiger partial charge in [0.05, 0.1) is 5.75 Å². The minimum Gasteiger partial charge on any atom is -0.382 e. The largest absolute Gasteiger partial charge is 0.382 e. The number of nitrogen functional groups attached to an aromatic ring is 1. The monoisotopic (exact) mass is 500 g/mol. The van der Waals surface area contributed by atoms with Crippen LogP contribution in [0.25, 0.3) is 22.6 Å². The van der Waals surface area contributed by atoms with E-state index in [1.54, 1.807) is 23.6 Å². The Bertz CT molecular complexity index is 1390. The summed E-state index contributed by atoms with van der Waals surface area (Å²) in [6.07, 6.45) is 4.36. The molecule has 1 fully saturated rings. The van der Waals surface area contributed by atoms with Gasteiger partial charge in [0.15, 0.2) is 17.0 Å². The normalized spacial score (nSPS) is 15.6. The van der Waals surface area contributed by atoms with Crippen molar-refractivity contribution < 1.29 is 17.9 Å². The van der Waals surface area contributed by atoms with Gasteiger partial charge in [-0.1, -0.05) is 31.4 Å². The van der Waals surface area contributed by atoms with Crippen molar-refractivity contribution in [2.45, 2.75) is 57.6 Å². The Labute approximate surface area is 204 Å². The lowest BCUT2D eigenvalue weighted by Crippen LogP contribution is -2.29. The van der Waals surface area contributed by atoms with Gasteiger partial charge in [-0.2, -0.15) is 0 Å². The van der Waals surface area contributed by atoms with Crippen molar-refractivity contribution in [1.82, 2.24) is 24.2 Å². The quantitative estimate of drug-likeness (QED) is 0.424. The summed E-state index contributed by atoms with van der Waals surface area (Å²) in [7, 11) is -3.42. The molecule has 4 N–H and O–H groups in total. The summed E-state index contributed by atoms with van der Waals surface area (Å²) in [5, 5.41) is 10.7. The van der Waals surface area contributed by atoms with Gasteiger partial charge in [-0.3, -0.25) is 0 Å². The van der Waals surface area contributed by atoms with E-state index in [2.05, 4.69) is 31.5 Å². The first kappa shape index (κ1) is 25.0. The van der Waals surface area contributed by atoms with Crippen LogP contribution in [0.4, 0.5) is 10.2 Å². The predicted molar refractivity (Wildman–Crippen MR) is 132 cm³/mol. The van der Waals surface area contributed by atoms with Crippen molar-refractivity contribution in [3.8, 4) is 23.2 Å². The first-order chi connectivity index (χ1) is 16.7. The van der Waals surface area contributed by atoms with E-state index in [1.807, 2.05) is 0 Å². The molecule has 4 rings (SSSR count). The highest BCUT2D eigenvalue weighted by Gasteiger charge is 2.27. The van der Waals surface area contributed by atoms with E-state index < -0.39 is 21.4 Å². The van der Waals surface area contributed by atoms with Crippen LogP contribution in [0.2, 0.25) is 0 Å². The average Bonchev–Trinajstić information content (AvgIpc) is 3.17. The van der Waals surface area contributed by atoms with E-state index in [-0.39, 0.29) is 30.4 Å². The van der Waals surface area contributed by atoms with Gasteiger partial charge in [0.2, 0.25) is 15.8 Å². The molecule has 1 aromatic carbocycles. The van der Waals surface area contributed by atoms with Gasteiger partial charge in [0.1, 0.15) is 17.2 Å². The molecule has 0 unspecified atom stereocenters. The van der Waals surface area contributed by atoms with Crippen molar-refractivity contribution in [1.29, 1.82) is 0 Å². The molecule has 0 radical (unpaired) electrons. The summed E-state index contributed by atoms with van der Waals surface area (Å²) in [5.74, 6) is 5.89. The molecule has 2 heterocycles.